The maximum Gasteiger partial charge on any atom is 0.173 e. The van der Waals surface area contributed by atoms with Crippen molar-refractivity contribution < 1.29 is 14.9 Å². The van der Waals surface area contributed by atoms with E-state index in [2.05, 4.69) is 0 Å². The molecule has 1 unspecified atom stereocenters. The van der Waals surface area contributed by atoms with E-state index in [1.165, 1.54) is 6.07 Å². The first-order valence-corrected chi connectivity index (χ1v) is 5.22. The van der Waals surface area contributed by atoms with Crippen molar-refractivity contribution in [3.8, 4) is 11.8 Å². The monoisotopic (exact) mass is 234 g/mol. The number of aliphatic hydroxyl groups is 2. The van der Waals surface area contributed by atoms with Crippen molar-refractivity contribution in [3.05, 3.63) is 29.3 Å². The van der Waals surface area contributed by atoms with Crippen LogP contribution < -0.4 is 10.5 Å². The van der Waals surface area contributed by atoms with Gasteiger partial charge in [0.05, 0.1) is 11.6 Å². The Hall–Kier alpha value is -1.61. The summed E-state index contributed by atoms with van der Waals surface area (Å²) in [6.45, 7) is 3.27. The van der Waals surface area contributed by atoms with Gasteiger partial charge in [0.1, 0.15) is 17.5 Å². The van der Waals surface area contributed by atoms with E-state index in [4.69, 9.17) is 15.7 Å². The van der Waals surface area contributed by atoms with Gasteiger partial charge in [-0.3, -0.25) is 5.73 Å². The molecule has 1 aromatic carbocycles. The van der Waals surface area contributed by atoms with Gasteiger partial charge in [-0.25, -0.2) is 0 Å². The molecular weight excluding hydrogens is 220 g/mol. The lowest BCUT2D eigenvalue weighted by Gasteiger charge is -2.45. The summed E-state index contributed by atoms with van der Waals surface area (Å²) in [6, 6.07) is 6.51. The molecule has 0 spiro atoms. The van der Waals surface area contributed by atoms with Crippen LogP contribution >= 0.6 is 0 Å². The molecule has 0 aromatic heterocycles. The van der Waals surface area contributed by atoms with Crippen molar-refractivity contribution in [2.75, 3.05) is 0 Å². The molecule has 2 atom stereocenters. The Bertz CT molecular complexity index is 503. The molecule has 4 N–H and O–H groups in total. The Labute approximate surface area is 99.0 Å². The van der Waals surface area contributed by atoms with E-state index in [1.807, 2.05) is 6.07 Å². The lowest BCUT2D eigenvalue weighted by atomic mass is 9.83. The van der Waals surface area contributed by atoms with Crippen molar-refractivity contribution in [1.82, 2.24) is 0 Å². The minimum absolute atomic E-state index is 0.225. The number of nitriles is 1. The Morgan fingerprint density at radius 3 is 2.71 bits per heavy atom. The molecule has 0 fully saturated rings. The van der Waals surface area contributed by atoms with Crippen molar-refractivity contribution in [3.63, 3.8) is 0 Å². The zero-order valence-electron chi connectivity index (χ0n) is 9.64. The smallest absolute Gasteiger partial charge is 0.173 e. The summed E-state index contributed by atoms with van der Waals surface area (Å²) in [5.41, 5.74) is 3.40. The third kappa shape index (κ3) is 1.67. The first-order valence-electron chi connectivity index (χ1n) is 5.22. The van der Waals surface area contributed by atoms with Crippen LogP contribution in [0.25, 0.3) is 0 Å². The van der Waals surface area contributed by atoms with Gasteiger partial charge >= 0.3 is 0 Å². The Morgan fingerprint density at radius 2 is 2.12 bits per heavy atom. The molecule has 17 heavy (non-hydrogen) atoms. The highest BCUT2D eigenvalue weighted by atomic mass is 16.5. The van der Waals surface area contributed by atoms with Crippen molar-refractivity contribution >= 4 is 0 Å². The van der Waals surface area contributed by atoms with Crippen molar-refractivity contribution in [1.29, 1.82) is 5.26 Å². The van der Waals surface area contributed by atoms with Crippen molar-refractivity contribution in [2.45, 2.75) is 31.3 Å². The number of benzene rings is 1. The zero-order chi connectivity index (χ0) is 12.8. The molecule has 5 heteroatoms. The van der Waals surface area contributed by atoms with Gasteiger partial charge in [0.15, 0.2) is 5.72 Å². The van der Waals surface area contributed by atoms with Gasteiger partial charge in [-0.1, -0.05) is 0 Å². The van der Waals surface area contributed by atoms with E-state index in [9.17, 15) is 10.2 Å². The first-order chi connectivity index (χ1) is 7.79. The average Bonchev–Trinajstić information content (AvgIpc) is 2.26. The average molecular weight is 234 g/mol. The van der Waals surface area contributed by atoms with Gasteiger partial charge in [0, 0.05) is 5.56 Å². The molecule has 90 valence electrons. The molecule has 1 aromatic rings. The van der Waals surface area contributed by atoms with Crippen LogP contribution in [0.3, 0.4) is 0 Å². The lowest BCUT2D eigenvalue weighted by molar-refractivity contribution is -0.169. The fourth-order valence-corrected chi connectivity index (χ4v) is 2.02. The highest BCUT2D eigenvalue weighted by Crippen LogP contribution is 2.41. The van der Waals surface area contributed by atoms with E-state index >= 15 is 0 Å². The number of ether oxygens (including phenoxy) is 1. The van der Waals surface area contributed by atoms with Crippen LogP contribution in [0, 0.1) is 11.3 Å². The summed E-state index contributed by atoms with van der Waals surface area (Å²) < 4.78 is 5.57. The number of nitrogens with zero attached hydrogens (tertiary/aromatic N) is 1. The minimum Gasteiger partial charge on any atom is -0.485 e. The van der Waals surface area contributed by atoms with E-state index in [0.717, 1.165) is 0 Å². The van der Waals surface area contributed by atoms with Crippen LogP contribution in [0.2, 0.25) is 0 Å². The van der Waals surface area contributed by atoms with Gasteiger partial charge in [-0.2, -0.15) is 5.26 Å². The van der Waals surface area contributed by atoms with Gasteiger partial charge in [-0.05, 0) is 32.0 Å². The summed E-state index contributed by atoms with van der Waals surface area (Å²) >= 11 is 0. The molecule has 2 rings (SSSR count). The van der Waals surface area contributed by atoms with Crippen LogP contribution in [0.4, 0.5) is 0 Å². The second kappa shape index (κ2) is 3.44. The van der Waals surface area contributed by atoms with Crippen LogP contribution in [0.5, 0.6) is 5.75 Å². The number of hydrogen-bond acceptors (Lipinski definition) is 5. The summed E-state index contributed by atoms with van der Waals surface area (Å²) in [7, 11) is 0. The summed E-state index contributed by atoms with van der Waals surface area (Å²) in [6.07, 6.45) is -1.28. The van der Waals surface area contributed by atoms with E-state index < -0.39 is 17.4 Å². The van der Waals surface area contributed by atoms with Gasteiger partial charge in [0.2, 0.25) is 0 Å². The van der Waals surface area contributed by atoms with Crippen LogP contribution in [-0.4, -0.2) is 21.9 Å². The maximum atomic E-state index is 10.2. The molecule has 0 saturated carbocycles. The van der Waals surface area contributed by atoms with Gasteiger partial charge in [-0.15, -0.1) is 0 Å². The number of nitrogens with two attached hydrogens (primary N) is 1. The molecule has 5 nitrogen and oxygen atoms in total. The third-order valence-electron chi connectivity index (χ3n) is 2.99. The fourth-order valence-electron chi connectivity index (χ4n) is 2.02. The van der Waals surface area contributed by atoms with Gasteiger partial charge in [0.25, 0.3) is 0 Å². The highest BCUT2D eigenvalue weighted by Gasteiger charge is 2.50. The van der Waals surface area contributed by atoms with Crippen molar-refractivity contribution in [2.24, 2.45) is 5.73 Å². The van der Waals surface area contributed by atoms with Gasteiger partial charge < -0.3 is 14.9 Å². The summed E-state index contributed by atoms with van der Waals surface area (Å²) in [5.74, 6) is 0.379. The van der Waals surface area contributed by atoms with E-state index in [-0.39, 0.29) is 5.56 Å². The topological polar surface area (TPSA) is 99.5 Å². The molecule has 0 saturated heterocycles. The first kappa shape index (κ1) is 11.9. The summed E-state index contributed by atoms with van der Waals surface area (Å²) in [5, 5.41) is 29.0. The molecule has 0 amide bonds. The molecular formula is C12H14N2O3. The van der Waals surface area contributed by atoms with Crippen LogP contribution in [-0.2, 0) is 5.72 Å². The molecule has 0 aliphatic carbocycles. The molecule has 0 bridgehead atoms. The standard InChI is InChI=1S/C12H14N2O3/c1-11(2)10(15)12(14,16)8-5-7(6-13)3-4-9(8)17-11/h3-5,10,15-16H,14H2,1-2H3/t10-,12?/m1/s1. The number of aliphatic hydroxyl groups excluding tert-OH is 1. The predicted octanol–water partition coefficient (Wildman–Crippen LogP) is 0.194. The number of hydrogen-bond donors (Lipinski definition) is 3. The quantitative estimate of drug-likeness (QED) is 0.557. The Kier molecular flexibility index (Phi) is 2.40. The largest absolute Gasteiger partial charge is 0.485 e. The zero-order valence-corrected chi connectivity index (χ0v) is 9.64. The molecule has 1 heterocycles. The predicted molar refractivity (Wildman–Crippen MR) is 60.0 cm³/mol. The molecule has 0 radical (unpaired) electrons. The normalized spacial score (nSPS) is 30.0. The molecule has 1 aliphatic rings. The Morgan fingerprint density at radius 1 is 1.47 bits per heavy atom. The third-order valence-corrected chi connectivity index (χ3v) is 2.99. The number of fused-ring (bicyclic) bond motifs is 1. The summed E-state index contributed by atoms with van der Waals surface area (Å²) in [4.78, 5) is 0. The second-order valence-electron chi connectivity index (χ2n) is 4.76. The lowest BCUT2D eigenvalue weighted by Crippen LogP contribution is -2.62. The van der Waals surface area contributed by atoms with E-state index in [1.54, 1.807) is 26.0 Å². The second-order valence-corrected chi connectivity index (χ2v) is 4.76. The fraction of sp³-hybridized carbons (Fsp3) is 0.417. The highest BCUT2D eigenvalue weighted by molar-refractivity contribution is 5.47. The number of rotatable bonds is 0. The van der Waals surface area contributed by atoms with Crippen LogP contribution in [0.15, 0.2) is 18.2 Å². The van der Waals surface area contributed by atoms with E-state index in [0.29, 0.717) is 11.3 Å². The maximum absolute atomic E-state index is 10.2. The minimum atomic E-state index is -1.93. The van der Waals surface area contributed by atoms with Crippen LogP contribution in [0.1, 0.15) is 25.0 Å². The Balaban J connectivity index is 2.63. The molecule has 1 aliphatic heterocycles. The SMILES string of the molecule is CC1(C)Oc2ccc(C#N)cc2C(N)(O)[C@@H]1O.